The molecule has 1 unspecified atom stereocenters. The Morgan fingerprint density at radius 1 is 1.05 bits per heavy atom. The lowest BCUT2D eigenvalue weighted by Gasteiger charge is -2.15. The van der Waals surface area contributed by atoms with E-state index >= 15 is 0 Å². The number of hydrogen-bond acceptors (Lipinski definition) is 2. The van der Waals surface area contributed by atoms with Crippen LogP contribution in [0.15, 0.2) is 48.5 Å². The van der Waals surface area contributed by atoms with Crippen molar-refractivity contribution in [2.45, 2.75) is 6.10 Å². The third-order valence-corrected chi connectivity index (χ3v) is 3.21. The fourth-order valence-corrected chi connectivity index (χ4v) is 1.86. The summed E-state index contributed by atoms with van der Waals surface area (Å²) in [5, 5.41) is 9.93. The third kappa shape index (κ3) is 3.40. The van der Waals surface area contributed by atoms with Gasteiger partial charge in [-0.25, -0.2) is 4.79 Å². The molecule has 0 heterocycles. The van der Waals surface area contributed by atoms with Gasteiger partial charge in [-0.3, -0.25) is 0 Å². The summed E-state index contributed by atoms with van der Waals surface area (Å²) in [5.74, 6) is -0.720. The van der Waals surface area contributed by atoms with Crippen LogP contribution in [-0.2, 0) is 4.79 Å². The van der Waals surface area contributed by atoms with Crippen LogP contribution < -0.4 is 4.74 Å². The summed E-state index contributed by atoms with van der Waals surface area (Å²) < 4.78 is 5.46. The van der Waals surface area contributed by atoms with Crippen LogP contribution in [0.2, 0.25) is 10.0 Å². The predicted molar refractivity (Wildman–Crippen MR) is 73.9 cm³/mol. The lowest BCUT2D eigenvalue weighted by atomic mass is 10.1. The largest absolute Gasteiger partial charge is 0.478 e. The van der Waals surface area contributed by atoms with Gasteiger partial charge in [-0.2, -0.15) is 0 Å². The molecule has 19 heavy (non-hydrogen) atoms. The minimum atomic E-state index is -1.08. The molecule has 0 radical (unpaired) electrons. The van der Waals surface area contributed by atoms with E-state index in [9.17, 15) is 9.90 Å². The van der Waals surface area contributed by atoms with Gasteiger partial charge in [0, 0.05) is 11.6 Å². The van der Waals surface area contributed by atoms with Crippen molar-refractivity contribution in [2.75, 3.05) is 0 Å². The Bertz CT molecular complexity index is 584. The molecule has 0 spiro atoms. The number of carboxylic acid groups (broad SMARTS) is 1. The van der Waals surface area contributed by atoms with E-state index in [0.717, 1.165) is 0 Å². The second-order valence-electron chi connectivity index (χ2n) is 3.82. The van der Waals surface area contributed by atoms with Gasteiger partial charge in [0.1, 0.15) is 5.75 Å². The Hall–Kier alpha value is -1.71. The van der Waals surface area contributed by atoms with Gasteiger partial charge in [0.15, 0.2) is 0 Å². The molecule has 0 amide bonds. The van der Waals surface area contributed by atoms with E-state index in [2.05, 4.69) is 0 Å². The van der Waals surface area contributed by atoms with Crippen LogP contribution in [0, 0.1) is 0 Å². The second kappa shape index (κ2) is 5.95. The smallest absolute Gasteiger partial charge is 0.349 e. The molecule has 0 aliphatic rings. The van der Waals surface area contributed by atoms with Crippen LogP contribution >= 0.6 is 23.2 Å². The fourth-order valence-electron chi connectivity index (χ4n) is 1.58. The summed E-state index contributed by atoms with van der Waals surface area (Å²) >= 11 is 11.7. The first-order chi connectivity index (χ1) is 9.08. The average Bonchev–Trinajstić information content (AvgIpc) is 2.40. The highest BCUT2D eigenvalue weighted by Crippen LogP contribution is 2.29. The number of halogens is 2. The zero-order valence-electron chi connectivity index (χ0n) is 9.72. The van der Waals surface area contributed by atoms with E-state index < -0.39 is 12.1 Å². The Kier molecular flexibility index (Phi) is 4.30. The van der Waals surface area contributed by atoms with Crippen LogP contribution in [-0.4, -0.2) is 11.1 Å². The van der Waals surface area contributed by atoms with Gasteiger partial charge in [-0.15, -0.1) is 0 Å². The maximum atomic E-state index is 11.3. The minimum absolute atomic E-state index is 0.316. The maximum absolute atomic E-state index is 11.3. The fraction of sp³-hybridized carbons (Fsp3) is 0.0714. The van der Waals surface area contributed by atoms with Crippen LogP contribution in [0.1, 0.15) is 11.7 Å². The molecule has 3 nitrogen and oxygen atoms in total. The average molecular weight is 297 g/mol. The minimum Gasteiger partial charge on any atom is -0.478 e. The SMILES string of the molecule is O=C(O)C(Oc1ccc(Cl)c(Cl)c1)c1ccccc1. The first-order valence-electron chi connectivity index (χ1n) is 5.47. The molecule has 0 aromatic heterocycles. The molecule has 98 valence electrons. The molecule has 0 saturated heterocycles. The van der Waals surface area contributed by atoms with Gasteiger partial charge < -0.3 is 9.84 Å². The van der Waals surface area contributed by atoms with Gasteiger partial charge in [0.25, 0.3) is 0 Å². The molecular weight excluding hydrogens is 287 g/mol. The van der Waals surface area contributed by atoms with Crippen molar-refractivity contribution in [3.05, 3.63) is 64.1 Å². The van der Waals surface area contributed by atoms with Crippen molar-refractivity contribution >= 4 is 29.2 Å². The molecule has 0 aliphatic heterocycles. The second-order valence-corrected chi connectivity index (χ2v) is 4.64. The predicted octanol–water partition coefficient (Wildman–Crippen LogP) is 4.20. The monoisotopic (exact) mass is 296 g/mol. The number of aliphatic carboxylic acids is 1. The molecule has 2 rings (SSSR count). The van der Waals surface area contributed by atoms with Crippen molar-refractivity contribution in [2.24, 2.45) is 0 Å². The van der Waals surface area contributed by atoms with Crippen LogP contribution in [0.5, 0.6) is 5.75 Å². The summed E-state index contributed by atoms with van der Waals surface area (Å²) in [6.45, 7) is 0. The van der Waals surface area contributed by atoms with Gasteiger partial charge in [0.2, 0.25) is 6.10 Å². The third-order valence-electron chi connectivity index (χ3n) is 2.47. The van der Waals surface area contributed by atoms with Gasteiger partial charge in [-0.1, -0.05) is 53.5 Å². The molecule has 2 aromatic rings. The molecule has 0 bridgehead atoms. The Morgan fingerprint density at radius 3 is 2.32 bits per heavy atom. The summed E-state index contributed by atoms with van der Waals surface area (Å²) in [7, 11) is 0. The summed E-state index contributed by atoms with van der Waals surface area (Å²) in [4.78, 5) is 11.3. The van der Waals surface area contributed by atoms with Crippen LogP contribution in [0.3, 0.4) is 0 Å². The number of carboxylic acids is 1. The van der Waals surface area contributed by atoms with Gasteiger partial charge in [0.05, 0.1) is 10.0 Å². The molecule has 0 saturated carbocycles. The molecule has 0 fully saturated rings. The summed E-state index contributed by atoms with van der Waals surface area (Å²) in [5.41, 5.74) is 0.557. The Morgan fingerprint density at radius 2 is 1.74 bits per heavy atom. The van der Waals surface area contributed by atoms with Crippen molar-refractivity contribution in [3.63, 3.8) is 0 Å². The number of ether oxygens (including phenoxy) is 1. The van der Waals surface area contributed by atoms with Gasteiger partial charge in [-0.05, 0) is 12.1 Å². The molecule has 1 N–H and O–H groups in total. The Labute approximate surface area is 120 Å². The zero-order valence-corrected chi connectivity index (χ0v) is 11.2. The van der Waals surface area contributed by atoms with Crippen molar-refractivity contribution in [1.82, 2.24) is 0 Å². The lowest BCUT2D eigenvalue weighted by molar-refractivity contribution is -0.145. The molecule has 0 aliphatic carbocycles. The number of rotatable bonds is 4. The lowest BCUT2D eigenvalue weighted by Crippen LogP contribution is -2.18. The van der Waals surface area contributed by atoms with Crippen LogP contribution in [0.25, 0.3) is 0 Å². The van der Waals surface area contributed by atoms with E-state index in [4.69, 9.17) is 27.9 Å². The standard InChI is InChI=1S/C14H10Cl2O3/c15-11-7-6-10(8-12(11)16)19-13(14(17)18)9-4-2-1-3-5-9/h1-8,13H,(H,17,18). The number of benzene rings is 2. The van der Waals surface area contributed by atoms with Crippen molar-refractivity contribution in [3.8, 4) is 5.75 Å². The summed E-state index contributed by atoms with van der Waals surface area (Å²) in [6.07, 6.45) is -1.08. The molecule has 1 atom stereocenters. The Balaban J connectivity index is 2.27. The van der Waals surface area contributed by atoms with Crippen molar-refractivity contribution < 1.29 is 14.6 Å². The van der Waals surface area contributed by atoms with E-state index in [1.54, 1.807) is 36.4 Å². The van der Waals surface area contributed by atoms with E-state index in [1.165, 1.54) is 6.07 Å². The maximum Gasteiger partial charge on any atom is 0.349 e. The topological polar surface area (TPSA) is 46.5 Å². The number of hydrogen-bond donors (Lipinski definition) is 1. The first-order valence-corrected chi connectivity index (χ1v) is 6.23. The molecule has 2 aromatic carbocycles. The zero-order chi connectivity index (χ0) is 13.8. The van der Waals surface area contributed by atoms with E-state index in [0.29, 0.717) is 21.4 Å². The molecular formula is C14H10Cl2O3. The van der Waals surface area contributed by atoms with Crippen molar-refractivity contribution in [1.29, 1.82) is 0 Å². The number of carbonyl (C=O) groups is 1. The van der Waals surface area contributed by atoms with E-state index in [-0.39, 0.29) is 0 Å². The molecule has 5 heteroatoms. The van der Waals surface area contributed by atoms with Gasteiger partial charge >= 0.3 is 5.97 Å². The normalized spacial score (nSPS) is 11.9. The summed E-state index contributed by atoms with van der Waals surface area (Å²) in [6, 6.07) is 13.3. The highest BCUT2D eigenvalue weighted by Gasteiger charge is 2.21. The van der Waals surface area contributed by atoms with E-state index in [1.807, 2.05) is 6.07 Å². The highest BCUT2D eigenvalue weighted by molar-refractivity contribution is 6.42. The quantitative estimate of drug-likeness (QED) is 0.920. The van der Waals surface area contributed by atoms with Crippen LogP contribution in [0.4, 0.5) is 0 Å². The highest BCUT2D eigenvalue weighted by atomic mass is 35.5. The first kappa shape index (κ1) is 13.7.